The van der Waals surface area contributed by atoms with Crippen molar-refractivity contribution < 1.29 is 33.0 Å². The molecule has 0 aliphatic heterocycles. The minimum absolute atomic E-state index is 0.151. The molecule has 1 rings (SSSR count). The summed E-state index contributed by atoms with van der Waals surface area (Å²) >= 11 is 2.99. The lowest BCUT2D eigenvalue weighted by atomic mass is 10.1. The van der Waals surface area contributed by atoms with Gasteiger partial charge in [0, 0.05) is 4.47 Å². The van der Waals surface area contributed by atoms with E-state index in [9.17, 15) is 27.9 Å². The Morgan fingerprint density at radius 3 is 2.41 bits per heavy atom. The number of hydrogen-bond donors (Lipinski definition) is 4. The fourth-order valence-corrected chi connectivity index (χ4v) is 1.64. The molecule has 4 N–H and O–H groups in total. The van der Waals surface area contributed by atoms with E-state index in [1.54, 1.807) is 0 Å². The SMILES string of the molecule is CC(O)(CNC(=O)Nc1cc(C(F)(F)F)ccc1Br)C(=O)O. The van der Waals surface area contributed by atoms with E-state index in [0.717, 1.165) is 25.1 Å². The number of carbonyl (C=O) groups is 2. The molecule has 0 fully saturated rings. The predicted octanol–water partition coefficient (Wildman–Crippen LogP) is 2.42. The molecule has 6 nitrogen and oxygen atoms in total. The Hall–Kier alpha value is -1.81. The molecule has 0 heterocycles. The molecule has 22 heavy (non-hydrogen) atoms. The van der Waals surface area contributed by atoms with E-state index in [2.05, 4.69) is 26.6 Å². The van der Waals surface area contributed by atoms with Crippen molar-refractivity contribution >= 4 is 33.6 Å². The largest absolute Gasteiger partial charge is 0.479 e. The van der Waals surface area contributed by atoms with E-state index in [-0.39, 0.29) is 10.2 Å². The second-order valence-electron chi connectivity index (χ2n) is 4.58. The molecule has 1 atom stereocenters. The number of carboxylic acids is 1. The summed E-state index contributed by atoms with van der Waals surface area (Å²) in [5.41, 5.74) is -3.30. The van der Waals surface area contributed by atoms with Crippen LogP contribution >= 0.6 is 15.9 Å². The summed E-state index contributed by atoms with van der Waals surface area (Å²) in [7, 11) is 0. The van der Waals surface area contributed by atoms with Crippen LogP contribution in [0.5, 0.6) is 0 Å². The van der Waals surface area contributed by atoms with Crippen molar-refractivity contribution in [1.82, 2.24) is 5.32 Å². The van der Waals surface area contributed by atoms with Crippen LogP contribution in [0.25, 0.3) is 0 Å². The Morgan fingerprint density at radius 2 is 1.91 bits per heavy atom. The fraction of sp³-hybridized carbons (Fsp3) is 0.333. The molecule has 0 bridgehead atoms. The summed E-state index contributed by atoms with van der Waals surface area (Å²) < 4.78 is 38.0. The van der Waals surface area contributed by atoms with Gasteiger partial charge in [0.05, 0.1) is 17.8 Å². The van der Waals surface area contributed by atoms with Crippen LogP contribution in [0.15, 0.2) is 22.7 Å². The van der Waals surface area contributed by atoms with E-state index < -0.39 is 35.9 Å². The van der Waals surface area contributed by atoms with Crippen LogP contribution in [0.2, 0.25) is 0 Å². The highest BCUT2D eigenvalue weighted by molar-refractivity contribution is 9.10. The van der Waals surface area contributed by atoms with Gasteiger partial charge < -0.3 is 20.8 Å². The van der Waals surface area contributed by atoms with Gasteiger partial charge >= 0.3 is 18.2 Å². The number of aliphatic carboxylic acids is 1. The molecular formula is C12H12BrF3N2O4. The molecule has 0 aliphatic carbocycles. The molecule has 0 saturated heterocycles. The van der Waals surface area contributed by atoms with Crippen molar-refractivity contribution in [3.63, 3.8) is 0 Å². The Kier molecular flexibility index (Phi) is 5.41. The number of anilines is 1. The zero-order valence-electron chi connectivity index (χ0n) is 11.2. The van der Waals surface area contributed by atoms with E-state index in [1.165, 1.54) is 0 Å². The van der Waals surface area contributed by atoms with Crippen molar-refractivity contribution in [2.24, 2.45) is 0 Å². The number of benzene rings is 1. The Labute approximate surface area is 131 Å². The summed E-state index contributed by atoms with van der Waals surface area (Å²) in [6.45, 7) is 0.348. The third-order valence-electron chi connectivity index (χ3n) is 2.60. The lowest BCUT2D eigenvalue weighted by molar-refractivity contribution is -0.155. The maximum absolute atomic E-state index is 12.6. The second-order valence-corrected chi connectivity index (χ2v) is 5.43. The van der Waals surface area contributed by atoms with Crippen molar-refractivity contribution in [3.8, 4) is 0 Å². The maximum atomic E-state index is 12.6. The number of hydrogen-bond acceptors (Lipinski definition) is 3. The van der Waals surface area contributed by atoms with Crippen LogP contribution < -0.4 is 10.6 Å². The van der Waals surface area contributed by atoms with Crippen molar-refractivity contribution in [3.05, 3.63) is 28.2 Å². The van der Waals surface area contributed by atoms with Gasteiger partial charge in [0.1, 0.15) is 0 Å². The molecule has 0 spiro atoms. The molecule has 1 aromatic carbocycles. The van der Waals surface area contributed by atoms with E-state index in [4.69, 9.17) is 5.11 Å². The number of urea groups is 1. The van der Waals surface area contributed by atoms with Crippen LogP contribution in [0.4, 0.5) is 23.7 Å². The molecule has 10 heteroatoms. The van der Waals surface area contributed by atoms with Gasteiger partial charge in [-0.2, -0.15) is 13.2 Å². The average molecular weight is 385 g/mol. The Bertz CT molecular complexity index is 590. The monoisotopic (exact) mass is 384 g/mol. The molecule has 1 aromatic rings. The molecule has 2 amide bonds. The number of halogens is 4. The molecule has 122 valence electrons. The highest BCUT2D eigenvalue weighted by atomic mass is 79.9. The van der Waals surface area contributed by atoms with Crippen molar-refractivity contribution in [1.29, 1.82) is 0 Å². The number of amides is 2. The van der Waals surface area contributed by atoms with Gasteiger partial charge in [0.2, 0.25) is 0 Å². The number of alkyl halides is 3. The van der Waals surface area contributed by atoms with Gasteiger partial charge in [0.15, 0.2) is 5.60 Å². The van der Waals surface area contributed by atoms with Crippen LogP contribution in [-0.2, 0) is 11.0 Å². The highest BCUT2D eigenvalue weighted by Gasteiger charge is 2.32. The number of rotatable bonds is 4. The third kappa shape index (κ3) is 4.88. The normalized spacial score (nSPS) is 14.1. The lowest BCUT2D eigenvalue weighted by Gasteiger charge is -2.19. The quantitative estimate of drug-likeness (QED) is 0.640. The molecular weight excluding hydrogens is 373 g/mol. The minimum atomic E-state index is -4.57. The van der Waals surface area contributed by atoms with Crippen LogP contribution in [-0.4, -0.2) is 34.4 Å². The zero-order chi connectivity index (χ0) is 17.1. The molecule has 0 saturated carbocycles. The first kappa shape index (κ1) is 18.2. The van der Waals surface area contributed by atoms with Gasteiger partial charge in [-0.05, 0) is 41.1 Å². The zero-order valence-corrected chi connectivity index (χ0v) is 12.7. The first-order valence-electron chi connectivity index (χ1n) is 5.81. The molecule has 0 aromatic heterocycles. The summed E-state index contributed by atoms with van der Waals surface area (Å²) in [6.07, 6.45) is -4.57. The van der Waals surface area contributed by atoms with Gasteiger partial charge in [-0.15, -0.1) is 0 Å². The highest BCUT2D eigenvalue weighted by Crippen LogP contribution is 2.33. The summed E-state index contributed by atoms with van der Waals surface area (Å²) in [5.74, 6) is -1.55. The maximum Gasteiger partial charge on any atom is 0.416 e. The predicted molar refractivity (Wildman–Crippen MR) is 74.4 cm³/mol. The first-order chi connectivity index (χ1) is 9.93. The van der Waals surface area contributed by atoms with E-state index >= 15 is 0 Å². The van der Waals surface area contributed by atoms with Gasteiger partial charge in [-0.3, -0.25) is 0 Å². The average Bonchev–Trinajstić information content (AvgIpc) is 2.37. The second kappa shape index (κ2) is 6.53. The summed E-state index contributed by atoms with van der Waals surface area (Å²) in [4.78, 5) is 22.2. The molecule has 0 aliphatic rings. The van der Waals surface area contributed by atoms with E-state index in [1.807, 2.05) is 0 Å². The minimum Gasteiger partial charge on any atom is -0.479 e. The van der Waals surface area contributed by atoms with Gasteiger partial charge in [-0.1, -0.05) is 0 Å². The van der Waals surface area contributed by atoms with Crippen LogP contribution in [0, 0.1) is 0 Å². The van der Waals surface area contributed by atoms with Gasteiger partial charge in [0.25, 0.3) is 0 Å². The number of carbonyl (C=O) groups excluding carboxylic acids is 1. The summed E-state index contributed by atoms with van der Waals surface area (Å²) in [5, 5.41) is 22.3. The smallest absolute Gasteiger partial charge is 0.416 e. The number of aliphatic hydroxyl groups is 1. The van der Waals surface area contributed by atoms with Crippen LogP contribution in [0.1, 0.15) is 12.5 Å². The van der Waals surface area contributed by atoms with E-state index in [0.29, 0.717) is 0 Å². The summed E-state index contributed by atoms with van der Waals surface area (Å²) in [6, 6.07) is 1.72. The van der Waals surface area contributed by atoms with Gasteiger partial charge in [-0.25, -0.2) is 9.59 Å². The Balaban J connectivity index is 2.79. The topological polar surface area (TPSA) is 98.7 Å². The third-order valence-corrected chi connectivity index (χ3v) is 3.29. The van der Waals surface area contributed by atoms with Crippen molar-refractivity contribution in [2.45, 2.75) is 18.7 Å². The van der Waals surface area contributed by atoms with Crippen LogP contribution in [0.3, 0.4) is 0 Å². The fourth-order valence-electron chi connectivity index (χ4n) is 1.29. The first-order valence-corrected chi connectivity index (χ1v) is 6.60. The number of nitrogens with one attached hydrogen (secondary N) is 2. The standard InChI is InChI=1S/C12H12BrF3N2O4/c1-11(22,9(19)20)5-17-10(21)18-8-4-6(12(14,15)16)2-3-7(8)13/h2-4,22H,5H2,1H3,(H,19,20)(H2,17,18,21). The molecule has 0 radical (unpaired) electrons. The lowest BCUT2D eigenvalue weighted by Crippen LogP contribution is -2.47. The van der Waals surface area contributed by atoms with Crippen molar-refractivity contribution in [2.75, 3.05) is 11.9 Å². The molecule has 1 unspecified atom stereocenters. The Morgan fingerprint density at radius 1 is 1.32 bits per heavy atom. The number of carboxylic acid groups (broad SMARTS) is 1.